The fourth-order valence-corrected chi connectivity index (χ4v) is 1.96. The van der Waals surface area contributed by atoms with Crippen molar-refractivity contribution < 1.29 is 4.79 Å². The van der Waals surface area contributed by atoms with Gasteiger partial charge in [0.05, 0.1) is 0 Å². The number of carbonyl (C=O) groups excluding carboxylic acids is 1. The van der Waals surface area contributed by atoms with E-state index in [1.807, 2.05) is 6.92 Å². The predicted molar refractivity (Wildman–Crippen MR) is 55.5 cm³/mol. The second kappa shape index (κ2) is 3.91. The van der Waals surface area contributed by atoms with Gasteiger partial charge in [-0.2, -0.15) is 0 Å². The van der Waals surface area contributed by atoms with Gasteiger partial charge in [-0.1, -0.05) is 32.1 Å². The Bertz CT molecular complexity index is 258. The summed E-state index contributed by atoms with van der Waals surface area (Å²) in [7, 11) is 0. The molecule has 0 fully saturated rings. The number of allylic oxidation sites excluding steroid dienone is 3. The van der Waals surface area contributed by atoms with E-state index in [-0.39, 0.29) is 5.92 Å². The highest BCUT2D eigenvalue weighted by atomic mass is 16.1. The summed E-state index contributed by atoms with van der Waals surface area (Å²) in [6.07, 6.45) is 3.78. The van der Waals surface area contributed by atoms with E-state index in [1.165, 1.54) is 5.57 Å². The molecule has 1 nitrogen and oxygen atoms in total. The number of Topliss-reactive ketones (excluding diaryl/α,β-unsaturated/α-hetero) is 1. The van der Waals surface area contributed by atoms with E-state index in [0.717, 1.165) is 18.4 Å². The minimum Gasteiger partial charge on any atom is -0.294 e. The minimum atomic E-state index is 0.219. The van der Waals surface area contributed by atoms with Crippen LogP contribution in [0.25, 0.3) is 0 Å². The summed E-state index contributed by atoms with van der Waals surface area (Å²) in [6, 6.07) is 0. The van der Waals surface area contributed by atoms with E-state index < -0.39 is 0 Å². The Hall–Kier alpha value is -0.850. The van der Waals surface area contributed by atoms with E-state index in [2.05, 4.69) is 20.4 Å². The Morgan fingerprint density at radius 2 is 2.15 bits per heavy atom. The lowest BCUT2D eigenvalue weighted by atomic mass is 9.77. The van der Waals surface area contributed by atoms with Gasteiger partial charge in [0, 0.05) is 11.5 Å². The topological polar surface area (TPSA) is 17.1 Å². The maximum Gasteiger partial charge on any atom is 0.166 e. The van der Waals surface area contributed by atoms with Crippen LogP contribution in [-0.2, 0) is 4.79 Å². The summed E-state index contributed by atoms with van der Waals surface area (Å²) < 4.78 is 0. The number of ketones is 1. The van der Waals surface area contributed by atoms with Crippen molar-refractivity contribution in [3.8, 4) is 0 Å². The molecule has 1 rings (SSSR count). The molecule has 0 aromatic heterocycles. The van der Waals surface area contributed by atoms with Gasteiger partial charge in [0.15, 0.2) is 5.78 Å². The highest BCUT2D eigenvalue weighted by molar-refractivity contribution is 6.01. The van der Waals surface area contributed by atoms with Gasteiger partial charge in [0.1, 0.15) is 0 Å². The van der Waals surface area contributed by atoms with Crippen molar-refractivity contribution in [3.63, 3.8) is 0 Å². The standard InChI is InChI=1S/C12H18O/c1-5-10-9(4)6-7-11(8(2)3)12(10)13/h5,8,11H,1,6-7H2,2-4H3. The molecular formula is C12H18O. The lowest BCUT2D eigenvalue weighted by Crippen LogP contribution is -2.25. The van der Waals surface area contributed by atoms with Crippen LogP contribution in [-0.4, -0.2) is 5.78 Å². The number of rotatable bonds is 2. The molecule has 0 aromatic carbocycles. The van der Waals surface area contributed by atoms with Crippen molar-refractivity contribution in [1.82, 2.24) is 0 Å². The molecule has 0 radical (unpaired) electrons. The predicted octanol–water partition coefficient (Wildman–Crippen LogP) is 3.12. The van der Waals surface area contributed by atoms with Crippen LogP contribution in [0.5, 0.6) is 0 Å². The number of carbonyl (C=O) groups is 1. The molecule has 0 saturated heterocycles. The van der Waals surface area contributed by atoms with Crippen LogP contribution in [0.2, 0.25) is 0 Å². The molecule has 0 aliphatic heterocycles. The second-order valence-electron chi connectivity index (χ2n) is 4.15. The first-order valence-electron chi connectivity index (χ1n) is 4.94. The van der Waals surface area contributed by atoms with Crippen LogP contribution < -0.4 is 0 Å². The van der Waals surface area contributed by atoms with Crippen LogP contribution in [0.3, 0.4) is 0 Å². The van der Waals surface area contributed by atoms with E-state index in [9.17, 15) is 4.79 Å². The lowest BCUT2D eigenvalue weighted by Gasteiger charge is -2.25. The van der Waals surface area contributed by atoms with Crippen molar-refractivity contribution >= 4 is 5.78 Å². The summed E-state index contributed by atoms with van der Waals surface area (Å²) in [5, 5.41) is 0. The molecule has 1 aliphatic carbocycles. The van der Waals surface area contributed by atoms with Gasteiger partial charge in [-0.05, 0) is 25.7 Å². The largest absolute Gasteiger partial charge is 0.294 e. The SMILES string of the molecule is C=CC1=C(C)CCC(C(C)C)C1=O. The summed E-state index contributed by atoms with van der Waals surface area (Å²) in [4.78, 5) is 11.9. The monoisotopic (exact) mass is 178 g/mol. The average molecular weight is 178 g/mol. The maximum atomic E-state index is 11.9. The fourth-order valence-electron chi connectivity index (χ4n) is 1.96. The Kier molecular flexibility index (Phi) is 3.07. The summed E-state index contributed by atoms with van der Waals surface area (Å²) >= 11 is 0. The molecule has 0 bridgehead atoms. The Morgan fingerprint density at radius 3 is 2.62 bits per heavy atom. The highest BCUT2D eigenvalue weighted by Gasteiger charge is 2.28. The first-order chi connectivity index (χ1) is 6.07. The van der Waals surface area contributed by atoms with E-state index in [4.69, 9.17) is 0 Å². The molecule has 1 unspecified atom stereocenters. The Labute approximate surface area is 80.5 Å². The van der Waals surface area contributed by atoms with Gasteiger partial charge in [-0.3, -0.25) is 4.79 Å². The Morgan fingerprint density at radius 1 is 1.54 bits per heavy atom. The quantitative estimate of drug-likeness (QED) is 0.635. The molecule has 0 aromatic rings. The smallest absolute Gasteiger partial charge is 0.166 e. The average Bonchev–Trinajstić information content (AvgIpc) is 2.04. The zero-order valence-electron chi connectivity index (χ0n) is 8.76. The highest BCUT2D eigenvalue weighted by Crippen LogP contribution is 2.31. The van der Waals surface area contributed by atoms with Gasteiger partial charge in [-0.25, -0.2) is 0 Å². The van der Waals surface area contributed by atoms with Gasteiger partial charge in [0.2, 0.25) is 0 Å². The molecule has 1 heteroatoms. The molecule has 0 spiro atoms. The molecule has 0 amide bonds. The van der Waals surface area contributed by atoms with Gasteiger partial charge in [0.25, 0.3) is 0 Å². The molecule has 1 atom stereocenters. The molecule has 0 heterocycles. The zero-order valence-corrected chi connectivity index (χ0v) is 8.76. The molecule has 0 N–H and O–H groups in total. The van der Waals surface area contributed by atoms with Crippen molar-refractivity contribution in [1.29, 1.82) is 0 Å². The summed E-state index contributed by atoms with van der Waals surface area (Å²) in [6.45, 7) is 9.96. The maximum absolute atomic E-state index is 11.9. The second-order valence-corrected chi connectivity index (χ2v) is 4.15. The van der Waals surface area contributed by atoms with E-state index in [1.54, 1.807) is 6.08 Å². The van der Waals surface area contributed by atoms with E-state index >= 15 is 0 Å². The third-order valence-corrected chi connectivity index (χ3v) is 2.90. The van der Waals surface area contributed by atoms with Crippen LogP contribution in [0.4, 0.5) is 0 Å². The van der Waals surface area contributed by atoms with Gasteiger partial charge in [-0.15, -0.1) is 0 Å². The van der Waals surface area contributed by atoms with Crippen molar-refractivity contribution in [2.45, 2.75) is 33.6 Å². The normalized spacial score (nSPS) is 24.0. The molecule has 0 saturated carbocycles. The van der Waals surface area contributed by atoms with Crippen molar-refractivity contribution in [2.24, 2.45) is 11.8 Å². The Balaban J connectivity index is 2.94. The van der Waals surface area contributed by atoms with Gasteiger partial charge < -0.3 is 0 Å². The van der Waals surface area contributed by atoms with Crippen LogP contribution in [0, 0.1) is 11.8 Å². The summed E-state index contributed by atoms with van der Waals surface area (Å²) in [5.74, 6) is 0.973. The number of hydrogen-bond acceptors (Lipinski definition) is 1. The zero-order chi connectivity index (χ0) is 10.0. The van der Waals surface area contributed by atoms with Crippen LogP contribution >= 0.6 is 0 Å². The molecular weight excluding hydrogens is 160 g/mol. The van der Waals surface area contributed by atoms with Crippen LogP contribution in [0.1, 0.15) is 33.6 Å². The fraction of sp³-hybridized carbons (Fsp3) is 0.583. The van der Waals surface area contributed by atoms with Crippen molar-refractivity contribution in [2.75, 3.05) is 0 Å². The minimum absolute atomic E-state index is 0.219. The first-order valence-corrected chi connectivity index (χ1v) is 4.94. The van der Waals surface area contributed by atoms with E-state index in [0.29, 0.717) is 11.7 Å². The van der Waals surface area contributed by atoms with Crippen LogP contribution in [0.15, 0.2) is 23.8 Å². The molecule has 13 heavy (non-hydrogen) atoms. The molecule has 1 aliphatic rings. The first kappa shape index (κ1) is 10.2. The summed E-state index contributed by atoms with van der Waals surface area (Å²) in [5.41, 5.74) is 2.07. The van der Waals surface area contributed by atoms with Crippen molar-refractivity contribution in [3.05, 3.63) is 23.8 Å². The molecule has 72 valence electrons. The number of hydrogen-bond donors (Lipinski definition) is 0. The third-order valence-electron chi connectivity index (χ3n) is 2.90. The van der Waals surface area contributed by atoms with Gasteiger partial charge >= 0.3 is 0 Å². The third kappa shape index (κ3) is 1.90. The lowest BCUT2D eigenvalue weighted by molar-refractivity contribution is -0.120.